The molecule has 0 saturated heterocycles. The van der Waals surface area contributed by atoms with E-state index in [9.17, 15) is 18.0 Å². The van der Waals surface area contributed by atoms with Gasteiger partial charge >= 0.3 is 0 Å². The Bertz CT molecular complexity index is 1380. The molecule has 4 rings (SSSR count). The first-order valence-corrected chi connectivity index (χ1v) is 14.4. The van der Waals surface area contributed by atoms with Crippen LogP contribution >= 0.6 is 0 Å². The number of benzene rings is 2. The van der Waals surface area contributed by atoms with E-state index in [-0.39, 0.29) is 52.6 Å². The van der Waals surface area contributed by atoms with Gasteiger partial charge in [-0.2, -0.15) is 8.42 Å². The molecule has 202 valence electrons. The average molecular weight is 539 g/mol. The maximum atomic E-state index is 12.8. The minimum Gasteiger partial charge on any atom is -0.434 e. The third-order valence-corrected chi connectivity index (χ3v) is 8.48. The molecule has 2 N–H and O–H groups in total. The van der Waals surface area contributed by atoms with Gasteiger partial charge in [0.1, 0.15) is 11.4 Å². The highest BCUT2D eigenvalue weighted by molar-refractivity contribution is 7.90. The smallest absolute Gasteiger partial charge is 0.283 e. The number of carbonyl (C=O) groups excluding carboxylic acids is 2. The van der Waals surface area contributed by atoms with Crippen molar-refractivity contribution < 1.29 is 22.4 Å². The van der Waals surface area contributed by atoms with E-state index in [1.54, 1.807) is 37.3 Å². The van der Waals surface area contributed by atoms with Gasteiger partial charge in [-0.15, -0.1) is 4.40 Å². The van der Waals surface area contributed by atoms with E-state index in [1.165, 1.54) is 12.1 Å². The maximum absolute atomic E-state index is 12.8. The zero-order chi connectivity index (χ0) is 27.2. The number of nitrogens with zero attached hydrogens (tertiary/aromatic N) is 2. The highest BCUT2D eigenvalue weighted by Gasteiger charge is 2.38. The highest BCUT2D eigenvalue weighted by atomic mass is 32.2. The van der Waals surface area contributed by atoms with Gasteiger partial charge in [-0.25, -0.2) is 4.98 Å². The van der Waals surface area contributed by atoms with Crippen LogP contribution in [0.1, 0.15) is 69.5 Å². The molecule has 3 aromatic rings. The minimum atomic E-state index is -3.85. The first kappa shape index (κ1) is 27.5. The Morgan fingerprint density at radius 3 is 2.47 bits per heavy atom. The van der Waals surface area contributed by atoms with Gasteiger partial charge in [0.2, 0.25) is 11.7 Å². The van der Waals surface area contributed by atoms with Gasteiger partial charge in [-0.05, 0) is 55.9 Å². The molecule has 1 aliphatic rings. The minimum absolute atomic E-state index is 0.0798. The Balaban J connectivity index is 1.32. The molecule has 1 fully saturated rings. The van der Waals surface area contributed by atoms with Gasteiger partial charge in [0.15, 0.2) is 5.58 Å². The fourth-order valence-electron chi connectivity index (χ4n) is 4.94. The molecule has 9 nitrogen and oxygen atoms in total. The summed E-state index contributed by atoms with van der Waals surface area (Å²) in [5.41, 5.74) is 1.05. The van der Waals surface area contributed by atoms with Gasteiger partial charge in [0.25, 0.3) is 15.9 Å². The normalized spacial score (nSPS) is 16.3. The van der Waals surface area contributed by atoms with Crippen molar-refractivity contribution in [2.75, 3.05) is 6.54 Å². The molecule has 38 heavy (non-hydrogen) atoms. The summed E-state index contributed by atoms with van der Waals surface area (Å²) in [6, 6.07) is 15.0. The highest BCUT2D eigenvalue weighted by Crippen LogP contribution is 2.41. The molecule has 10 heteroatoms. The first-order valence-electron chi connectivity index (χ1n) is 12.9. The number of Topliss-reactive ketones (excluding diaryl/α,β-unsaturated/α-hetero) is 1. The summed E-state index contributed by atoms with van der Waals surface area (Å²) in [6.07, 6.45) is 4.84. The van der Waals surface area contributed by atoms with Crippen LogP contribution in [0.5, 0.6) is 0 Å². The zero-order valence-electron chi connectivity index (χ0n) is 21.8. The molecule has 1 amide bonds. The number of fused-ring (bicyclic) bond motifs is 1. The molecule has 1 aromatic heterocycles. The van der Waals surface area contributed by atoms with E-state index in [0.29, 0.717) is 24.1 Å². The monoisotopic (exact) mass is 538 g/mol. The van der Waals surface area contributed by atoms with Crippen LogP contribution in [-0.2, 0) is 14.8 Å². The molecule has 1 atom stereocenters. The lowest BCUT2D eigenvalue weighted by Crippen LogP contribution is -2.47. The van der Waals surface area contributed by atoms with E-state index in [1.807, 2.05) is 12.1 Å². The van der Waals surface area contributed by atoms with Crippen molar-refractivity contribution in [1.82, 2.24) is 15.6 Å². The predicted octanol–water partition coefficient (Wildman–Crippen LogP) is 4.64. The Hall–Kier alpha value is -3.53. The van der Waals surface area contributed by atoms with Crippen molar-refractivity contribution in [1.29, 1.82) is 0 Å². The van der Waals surface area contributed by atoms with Crippen molar-refractivity contribution >= 4 is 38.6 Å². The molecular formula is C28H34N4O5S. The second kappa shape index (κ2) is 11.9. The summed E-state index contributed by atoms with van der Waals surface area (Å²) in [6.45, 7) is 4.08. The molecular weight excluding hydrogens is 504 g/mol. The number of rotatable bonds is 11. The van der Waals surface area contributed by atoms with Crippen LogP contribution in [0, 0.1) is 5.41 Å². The van der Waals surface area contributed by atoms with E-state index >= 15 is 0 Å². The van der Waals surface area contributed by atoms with Crippen LogP contribution in [0.3, 0.4) is 0 Å². The average Bonchev–Trinajstić information content (AvgIpc) is 3.53. The SMILES string of the molecule is CC(=NS(=O)(=O)c1ccccc1)NC(CC(=O)NCCCC(=O)c1nc2ccccc2o1)C1(C)CCCC1. The van der Waals surface area contributed by atoms with Gasteiger partial charge in [0, 0.05) is 25.4 Å². The van der Waals surface area contributed by atoms with Gasteiger partial charge in [-0.3, -0.25) is 9.59 Å². The predicted molar refractivity (Wildman–Crippen MR) is 145 cm³/mol. The molecule has 1 aliphatic carbocycles. The number of ketones is 1. The van der Waals surface area contributed by atoms with E-state index in [4.69, 9.17) is 4.42 Å². The number of hydrogen-bond acceptors (Lipinski definition) is 6. The largest absolute Gasteiger partial charge is 0.434 e. The molecule has 2 aromatic carbocycles. The molecule has 0 aliphatic heterocycles. The van der Waals surface area contributed by atoms with Crippen LogP contribution in [0.25, 0.3) is 11.1 Å². The number of amides is 1. The topological polar surface area (TPSA) is 131 Å². The summed E-state index contributed by atoms with van der Waals surface area (Å²) in [5.74, 6) is -0.0385. The third-order valence-electron chi connectivity index (χ3n) is 7.09. The van der Waals surface area contributed by atoms with Crippen LogP contribution in [0.4, 0.5) is 0 Å². The molecule has 1 unspecified atom stereocenters. The second-order valence-corrected chi connectivity index (χ2v) is 11.7. The van der Waals surface area contributed by atoms with Crippen molar-refractivity contribution in [3.63, 3.8) is 0 Å². The van der Waals surface area contributed by atoms with Gasteiger partial charge < -0.3 is 15.1 Å². The number of amidine groups is 1. The van der Waals surface area contributed by atoms with Crippen LogP contribution in [0.2, 0.25) is 0 Å². The lowest BCUT2D eigenvalue weighted by atomic mass is 9.79. The van der Waals surface area contributed by atoms with Crippen molar-refractivity contribution in [3.8, 4) is 0 Å². The van der Waals surface area contributed by atoms with Crippen molar-refractivity contribution in [2.45, 2.75) is 69.7 Å². The fraction of sp³-hybridized carbons (Fsp3) is 0.429. The Labute approximate surface area is 223 Å². The summed E-state index contributed by atoms with van der Waals surface area (Å²) in [7, 11) is -3.85. The number of hydrogen-bond donors (Lipinski definition) is 2. The summed E-state index contributed by atoms with van der Waals surface area (Å²) in [5, 5.41) is 6.13. The lowest BCUT2D eigenvalue weighted by Gasteiger charge is -2.35. The Kier molecular flexibility index (Phi) is 8.61. The molecule has 1 heterocycles. The zero-order valence-corrected chi connectivity index (χ0v) is 22.6. The summed E-state index contributed by atoms with van der Waals surface area (Å²) >= 11 is 0. The Morgan fingerprint density at radius 2 is 1.76 bits per heavy atom. The molecule has 0 bridgehead atoms. The summed E-state index contributed by atoms with van der Waals surface area (Å²) in [4.78, 5) is 29.6. The molecule has 0 radical (unpaired) electrons. The number of aromatic nitrogens is 1. The first-order chi connectivity index (χ1) is 18.2. The lowest BCUT2D eigenvalue weighted by molar-refractivity contribution is -0.122. The van der Waals surface area contributed by atoms with E-state index in [0.717, 1.165) is 25.7 Å². The van der Waals surface area contributed by atoms with Crippen molar-refractivity contribution in [2.24, 2.45) is 9.81 Å². The van der Waals surface area contributed by atoms with Gasteiger partial charge in [0.05, 0.1) is 4.90 Å². The third kappa shape index (κ3) is 6.86. The number of nitrogens with one attached hydrogen (secondary N) is 2. The number of carbonyl (C=O) groups is 2. The number of para-hydroxylation sites is 2. The molecule has 1 saturated carbocycles. The molecule has 0 spiro atoms. The Morgan fingerprint density at radius 1 is 1.08 bits per heavy atom. The quantitative estimate of drug-likeness (QED) is 0.157. The number of oxazole rings is 1. The van der Waals surface area contributed by atoms with E-state index in [2.05, 4.69) is 26.9 Å². The number of sulfonamides is 1. The second-order valence-electron chi connectivity index (χ2n) is 10.1. The fourth-order valence-corrected chi connectivity index (χ4v) is 5.96. The summed E-state index contributed by atoms with van der Waals surface area (Å²) < 4.78 is 34.8. The van der Waals surface area contributed by atoms with Crippen LogP contribution in [-0.4, -0.2) is 43.5 Å². The van der Waals surface area contributed by atoms with Crippen LogP contribution in [0.15, 0.2) is 68.3 Å². The van der Waals surface area contributed by atoms with Gasteiger partial charge in [-0.1, -0.05) is 50.1 Å². The standard InChI is InChI=1S/C28H34N4O5S/c1-20(32-38(35,36)21-11-4-3-5-12-21)30-25(28(2)16-8-9-17-28)19-26(34)29-18-10-14-23(33)27-31-22-13-6-7-15-24(22)37-27/h3-7,11-13,15,25H,8-10,14,16-19H2,1-2H3,(H,29,34)(H,30,32). The van der Waals surface area contributed by atoms with Crippen LogP contribution < -0.4 is 10.6 Å². The van der Waals surface area contributed by atoms with E-state index < -0.39 is 10.0 Å². The van der Waals surface area contributed by atoms with Crippen molar-refractivity contribution in [3.05, 3.63) is 60.5 Å². The maximum Gasteiger partial charge on any atom is 0.283 e.